The van der Waals surface area contributed by atoms with Gasteiger partial charge in [0.2, 0.25) is 0 Å². The molecule has 27 heavy (non-hydrogen) atoms. The standard InChI is InChI=1S/C19H19N3O5/c1-2-16-18(23)11-17(12-3-7-14(8-4-12)21(24)25)20-19(16)13-5-9-15(10-6-13)22(26)27/h3-10,16-17,19-20H,2,11H2,1H3/p+1/t16-,17+,19+/m1/s1. The minimum atomic E-state index is -0.452. The predicted octanol–water partition coefficient (Wildman–Crippen LogP) is 2.85. The molecule has 1 saturated heterocycles. The number of carbonyl (C=O) groups is 1. The minimum Gasteiger partial charge on any atom is -0.333 e. The number of ketones is 1. The number of nitro groups is 2. The SMILES string of the molecule is CC[C@@H]1C(=O)C[C@@H](c2ccc([N+](=O)[O-])cc2)[NH2+][C@H]1c1ccc([N+](=O)[O-])cc1. The largest absolute Gasteiger partial charge is 0.333 e. The van der Waals surface area contributed by atoms with Gasteiger partial charge in [-0.15, -0.1) is 0 Å². The monoisotopic (exact) mass is 370 g/mol. The molecule has 0 bridgehead atoms. The number of hydrogen-bond acceptors (Lipinski definition) is 5. The van der Waals surface area contributed by atoms with Gasteiger partial charge < -0.3 is 5.32 Å². The van der Waals surface area contributed by atoms with E-state index in [1.54, 1.807) is 24.3 Å². The summed E-state index contributed by atoms with van der Waals surface area (Å²) in [6.45, 7) is 1.96. The van der Waals surface area contributed by atoms with Crippen molar-refractivity contribution in [2.45, 2.75) is 31.8 Å². The first-order valence-electron chi connectivity index (χ1n) is 8.77. The molecule has 3 rings (SSSR count). The summed E-state index contributed by atoms with van der Waals surface area (Å²) in [5, 5.41) is 23.8. The molecule has 0 aromatic heterocycles. The summed E-state index contributed by atoms with van der Waals surface area (Å²) < 4.78 is 0. The zero-order valence-electron chi connectivity index (χ0n) is 14.8. The number of non-ortho nitro benzene ring substituents is 2. The van der Waals surface area contributed by atoms with Crippen LogP contribution in [-0.4, -0.2) is 15.6 Å². The number of nitrogens with two attached hydrogens (primary N) is 1. The summed E-state index contributed by atoms with van der Waals surface area (Å²) in [5.74, 6) is -0.0209. The minimum absolute atomic E-state index is 0.0132. The number of carbonyl (C=O) groups excluding carboxylic acids is 1. The van der Waals surface area contributed by atoms with Crippen LogP contribution in [0.3, 0.4) is 0 Å². The van der Waals surface area contributed by atoms with Crippen LogP contribution in [0.1, 0.15) is 43.0 Å². The van der Waals surface area contributed by atoms with Crippen molar-refractivity contribution in [3.8, 4) is 0 Å². The summed E-state index contributed by atoms with van der Waals surface area (Å²) in [5.41, 5.74) is 1.75. The predicted molar refractivity (Wildman–Crippen MR) is 97.0 cm³/mol. The van der Waals surface area contributed by atoms with E-state index in [1.165, 1.54) is 24.3 Å². The van der Waals surface area contributed by atoms with Crippen molar-refractivity contribution in [3.63, 3.8) is 0 Å². The van der Waals surface area contributed by atoms with Crippen LogP contribution in [0, 0.1) is 26.1 Å². The van der Waals surface area contributed by atoms with Crippen LogP contribution in [-0.2, 0) is 4.79 Å². The lowest BCUT2D eigenvalue weighted by molar-refractivity contribution is -0.743. The summed E-state index contributed by atoms with van der Waals surface area (Å²) in [7, 11) is 0. The Labute approximate surface area is 155 Å². The number of Topliss-reactive ketones (excluding diaryl/α,β-unsaturated/α-hetero) is 1. The summed E-state index contributed by atoms with van der Waals surface area (Å²) in [6.07, 6.45) is 1.05. The van der Waals surface area contributed by atoms with E-state index in [2.05, 4.69) is 5.32 Å². The molecular weight excluding hydrogens is 350 g/mol. The third kappa shape index (κ3) is 3.85. The van der Waals surface area contributed by atoms with Gasteiger partial charge >= 0.3 is 0 Å². The van der Waals surface area contributed by atoms with Gasteiger partial charge in [0, 0.05) is 35.4 Å². The molecule has 1 fully saturated rings. The highest BCUT2D eigenvalue weighted by atomic mass is 16.6. The van der Waals surface area contributed by atoms with Gasteiger partial charge in [-0.2, -0.15) is 0 Å². The molecule has 2 N–H and O–H groups in total. The zero-order chi connectivity index (χ0) is 19.6. The fourth-order valence-corrected chi connectivity index (χ4v) is 3.74. The number of nitro benzene ring substituents is 2. The average molecular weight is 370 g/mol. The van der Waals surface area contributed by atoms with Gasteiger partial charge in [0.15, 0.2) is 0 Å². The number of quaternary nitrogens is 1. The quantitative estimate of drug-likeness (QED) is 0.641. The van der Waals surface area contributed by atoms with E-state index in [4.69, 9.17) is 0 Å². The van der Waals surface area contributed by atoms with E-state index in [9.17, 15) is 25.0 Å². The van der Waals surface area contributed by atoms with Gasteiger partial charge in [0.05, 0.1) is 22.2 Å². The second kappa shape index (κ2) is 7.63. The highest BCUT2D eigenvalue weighted by Gasteiger charge is 2.40. The van der Waals surface area contributed by atoms with Gasteiger partial charge in [-0.25, -0.2) is 0 Å². The molecule has 0 saturated carbocycles. The molecule has 140 valence electrons. The van der Waals surface area contributed by atoms with Gasteiger partial charge in [-0.05, 0) is 30.7 Å². The van der Waals surface area contributed by atoms with Gasteiger partial charge in [-0.1, -0.05) is 6.92 Å². The average Bonchev–Trinajstić information content (AvgIpc) is 2.67. The third-order valence-electron chi connectivity index (χ3n) is 5.17. The van der Waals surface area contributed by atoms with Crippen molar-refractivity contribution in [2.24, 2.45) is 5.92 Å². The molecule has 0 radical (unpaired) electrons. The Kier molecular flexibility index (Phi) is 5.27. The van der Waals surface area contributed by atoms with Crippen LogP contribution in [0.25, 0.3) is 0 Å². The van der Waals surface area contributed by atoms with Gasteiger partial charge in [0.25, 0.3) is 11.4 Å². The second-order valence-corrected chi connectivity index (χ2v) is 6.71. The maximum Gasteiger partial charge on any atom is 0.269 e. The lowest BCUT2D eigenvalue weighted by atomic mass is 9.79. The molecule has 1 aliphatic heterocycles. The van der Waals surface area contributed by atoms with Crippen molar-refractivity contribution in [2.75, 3.05) is 0 Å². The summed E-state index contributed by atoms with van der Waals surface area (Å²) in [6, 6.07) is 12.3. The number of rotatable bonds is 5. The summed E-state index contributed by atoms with van der Waals surface area (Å²) in [4.78, 5) is 33.5. The molecule has 8 heteroatoms. The first-order chi connectivity index (χ1) is 12.9. The van der Waals surface area contributed by atoms with E-state index in [0.717, 1.165) is 11.1 Å². The Morgan fingerprint density at radius 2 is 1.41 bits per heavy atom. The van der Waals surface area contributed by atoms with Crippen molar-refractivity contribution < 1.29 is 20.0 Å². The highest BCUT2D eigenvalue weighted by Crippen LogP contribution is 2.32. The Morgan fingerprint density at radius 1 is 0.926 bits per heavy atom. The molecule has 1 aliphatic rings. The maximum absolute atomic E-state index is 12.7. The maximum atomic E-state index is 12.7. The highest BCUT2D eigenvalue weighted by molar-refractivity contribution is 5.82. The topological polar surface area (TPSA) is 120 Å². The molecule has 1 heterocycles. The molecule has 2 aromatic carbocycles. The third-order valence-corrected chi connectivity index (χ3v) is 5.17. The second-order valence-electron chi connectivity index (χ2n) is 6.71. The molecule has 0 amide bonds. The number of hydrogen-bond donors (Lipinski definition) is 1. The lowest BCUT2D eigenvalue weighted by Gasteiger charge is -2.33. The number of piperidine rings is 1. The van der Waals surface area contributed by atoms with E-state index in [0.29, 0.717) is 12.8 Å². The molecule has 2 aromatic rings. The lowest BCUT2D eigenvalue weighted by Crippen LogP contribution is -2.90. The van der Waals surface area contributed by atoms with Gasteiger partial charge in [0.1, 0.15) is 17.9 Å². The molecule has 0 aliphatic carbocycles. The first-order valence-corrected chi connectivity index (χ1v) is 8.77. The van der Waals surface area contributed by atoms with E-state index in [1.807, 2.05) is 6.92 Å². The molecule has 0 unspecified atom stereocenters. The van der Waals surface area contributed by atoms with Crippen molar-refractivity contribution in [3.05, 3.63) is 79.9 Å². The first kappa shape index (κ1) is 18.7. The van der Waals surface area contributed by atoms with Crippen LogP contribution in [0.2, 0.25) is 0 Å². The Hall–Kier alpha value is -3.13. The summed E-state index contributed by atoms with van der Waals surface area (Å²) >= 11 is 0. The Balaban J connectivity index is 1.88. The van der Waals surface area contributed by atoms with Crippen LogP contribution < -0.4 is 5.32 Å². The number of benzene rings is 2. The van der Waals surface area contributed by atoms with E-state index in [-0.39, 0.29) is 35.2 Å². The fourth-order valence-electron chi connectivity index (χ4n) is 3.74. The van der Waals surface area contributed by atoms with Crippen molar-refractivity contribution in [1.82, 2.24) is 0 Å². The van der Waals surface area contributed by atoms with E-state index < -0.39 is 9.85 Å². The molecular formula is C19H20N3O5+. The van der Waals surface area contributed by atoms with Crippen LogP contribution in [0.15, 0.2) is 48.5 Å². The fraction of sp³-hybridized carbons (Fsp3) is 0.316. The Bertz CT molecular complexity index is 864. The van der Waals surface area contributed by atoms with Crippen molar-refractivity contribution >= 4 is 17.2 Å². The van der Waals surface area contributed by atoms with Gasteiger partial charge in [-0.3, -0.25) is 25.0 Å². The Morgan fingerprint density at radius 3 is 1.85 bits per heavy atom. The normalized spacial score (nSPS) is 22.4. The zero-order valence-corrected chi connectivity index (χ0v) is 14.8. The van der Waals surface area contributed by atoms with E-state index >= 15 is 0 Å². The molecule has 8 nitrogen and oxygen atoms in total. The molecule has 0 spiro atoms. The van der Waals surface area contributed by atoms with Crippen molar-refractivity contribution in [1.29, 1.82) is 0 Å². The number of nitrogens with zero attached hydrogens (tertiary/aromatic N) is 2. The van der Waals surface area contributed by atoms with Crippen LogP contribution in [0.4, 0.5) is 11.4 Å². The molecule has 3 atom stereocenters. The smallest absolute Gasteiger partial charge is 0.269 e. The van der Waals surface area contributed by atoms with Crippen LogP contribution in [0.5, 0.6) is 0 Å². The van der Waals surface area contributed by atoms with Crippen LogP contribution >= 0.6 is 0 Å².